The molecule has 142 valence electrons. The number of aromatic nitrogens is 4. The molecular formula is C18H16N6O3S. The lowest BCUT2D eigenvalue weighted by Gasteiger charge is -2.03. The predicted octanol–water partition coefficient (Wildman–Crippen LogP) is 2.07. The number of carbonyl (C=O) groups is 2. The van der Waals surface area contributed by atoms with Crippen LogP contribution in [0.1, 0.15) is 33.0 Å². The molecule has 0 spiro atoms. The van der Waals surface area contributed by atoms with Gasteiger partial charge in [-0.15, -0.1) is 16.4 Å². The third-order valence-corrected chi connectivity index (χ3v) is 4.83. The molecule has 3 aromatic rings. The number of hydrogen-bond acceptors (Lipinski definition) is 7. The summed E-state index contributed by atoms with van der Waals surface area (Å²) in [7, 11) is 0. The van der Waals surface area contributed by atoms with Gasteiger partial charge in [-0.05, 0) is 24.6 Å². The second kappa shape index (κ2) is 8.88. The summed E-state index contributed by atoms with van der Waals surface area (Å²) in [6.45, 7) is 0.912. The van der Waals surface area contributed by atoms with Crippen LogP contribution in [0.4, 0.5) is 0 Å². The number of carboxylic acid groups (broad SMARTS) is 1. The zero-order valence-electron chi connectivity index (χ0n) is 14.7. The van der Waals surface area contributed by atoms with Crippen LogP contribution < -0.4 is 5.32 Å². The van der Waals surface area contributed by atoms with Gasteiger partial charge in [0.15, 0.2) is 0 Å². The first-order valence-corrected chi connectivity index (χ1v) is 9.21. The average Bonchev–Trinajstić information content (AvgIpc) is 3.36. The van der Waals surface area contributed by atoms with Crippen LogP contribution in [0.2, 0.25) is 0 Å². The van der Waals surface area contributed by atoms with Crippen LogP contribution in [0, 0.1) is 11.3 Å². The number of carboxylic acids is 1. The first kappa shape index (κ1) is 19.2. The third kappa shape index (κ3) is 4.99. The fourth-order valence-corrected chi connectivity index (χ4v) is 3.19. The van der Waals surface area contributed by atoms with Crippen molar-refractivity contribution >= 4 is 23.2 Å². The average molecular weight is 396 g/mol. The second-order valence-electron chi connectivity index (χ2n) is 5.89. The summed E-state index contributed by atoms with van der Waals surface area (Å²) in [4.78, 5) is 28.4. The number of hydrogen-bond donors (Lipinski definition) is 2. The summed E-state index contributed by atoms with van der Waals surface area (Å²) in [6.07, 6.45) is 5.40. The van der Waals surface area contributed by atoms with Gasteiger partial charge < -0.3 is 10.4 Å². The first-order chi connectivity index (χ1) is 13.5. The molecule has 0 aliphatic carbocycles. The largest absolute Gasteiger partial charge is 0.478 e. The number of amides is 1. The molecule has 0 unspecified atom stereocenters. The van der Waals surface area contributed by atoms with Gasteiger partial charge in [0.2, 0.25) is 5.91 Å². The SMILES string of the molecule is N#Cc1ccc(CNC(=O)CCCn2cc(-c3cncc(C(=O)O)c3)nn2)s1. The van der Waals surface area contributed by atoms with Crippen LogP contribution in [0.25, 0.3) is 11.3 Å². The molecule has 0 radical (unpaired) electrons. The highest BCUT2D eigenvalue weighted by molar-refractivity contribution is 7.12. The highest BCUT2D eigenvalue weighted by Crippen LogP contribution is 2.17. The lowest BCUT2D eigenvalue weighted by molar-refractivity contribution is -0.121. The van der Waals surface area contributed by atoms with Crippen LogP contribution >= 0.6 is 11.3 Å². The van der Waals surface area contributed by atoms with Crippen LogP contribution in [0.15, 0.2) is 36.8 Å². The summed E-state index contributed by atoms with van der Waals surface area (Å²) in [5.41, 5.74) is 1.17. The number of rotatable bonds is 8. The standard InChI is InChI=1S/C18H16N6O3S/c19-7-14-3-4-15(28-14)10-21-17(25)2-1-5-24-11-16(22-23-24)12-6-13(18(26)27)9-20-8-12/h3-4,6,8-9,11H,1-2,5,10H2,(H,21,25)(H,26,27). The fourth-order valence-electron chi connectivity index (χ4n) is 2.45. The van der Waals surface area contributed by atoms with Crippen LogP contribution in [0.3, 0.4) is 0 Å². The summed E-state index contributed by atoms with van der Waals surface area (Å²) >= 11 is 1.36. The third-order valence-electron chi connectivity index (χ3n) is 3.84. The Hall–Kier alpha value is -3.58. The highest BCUT2D eigenvalue weighted by Gasteiger charge is 2.09. The Bertz CT molecular complexity index is 1040. The molecule has 1 amide bonds. The van der Waals surface area contributed by atoms with E-state index in [2.05, 4.69) is 26.7 Å². The van der Waals surface area contributed by atoms with E-state index in [0.29, 0.717) is 42.1 Å². The van der Waals surface area contributed by atoms with Crippen LogP contribution in [-0.4, -0.2) is 37.0 Å². The van der Waals surface area contributed by atoms with E-state index >= 15 is 0 Å². The molecule has 0 saturated carbocycles. The predicted molar refractivity (Wildman–Crippen MR) is 100 cm³/mol. The van der Waals surface area contributed by atoms with E-state index in [1.54, 1.807) is 16.9 Å². The van der Waals surface area contributed by atoms with Crippen molar-refractivity contribution in [3.05, 3.63) is 52.1 Å². The molecule has 2 N–H and O–H groups in total. The Kier molecular flexibility index (Phi) is 6.08. The maximum absolute atomic E-state index is 11.9. The quantitative estimate of drug-likeness (QED) is 0.595. The summed E-state index contributed by atoms with van der Waals surface area (Å²) in [5, 5.41) is 28.7. The van der Waals surface area contributed by atoms with Gasteiger partial charge >= 0.3 is 5.97 Å². The fraction of sp³-hybridized carbons (Fsp3) is 0.222. The Balaban J connectivity index is 1.46. The van der Waals surface area contributed by atoms with E-state index < -0.39 is 5.97 Å². The lowest BCUT2D eigenvalue weighted by atomic mass is 10.1. The monoisotopic (exact) mass is 396 g/mol. The number of carbonyl (C=O) groups excluding carboxylic acids is 1. The van der Waals surface area contributed by atoms with Gasteiger partial charge in [0.25, 0.3) is 0 Å². The number of aryl methyl sites for hydroxylation is 1. The topological polar surface area (TPSA) is 134 Å². The van der Waals surface area contributed by atoms with Crippen molar-refractivity contribution in [3.8, 4) is 17.3 Å². The number of nitrogens with zero attached hydrogens (tertiary/aromatic N) is 5. The van der Waals surface area contributed by atoms with Gasteiger partial charge in [0, 0.05) is 35.8 Å². The van der Waals surface area contributed by atoms with E-state index in [4.69, 9.17) is 10.4 Å². The smallest absolute Gasteiger partial charge is 0.337 e. The Labute approximate surface area is 164 Å². The zero-order valence-corrected chi connectivity index (χ0v) is 15.5. The maximum Gasteiger partial charge on any atom is 0.337 e. The van der Waals surface area contributed by atoms with Gasteiger partial charge in [-0.2, -0.15) is 5.26 Å². The van der Waals surface area contributed by atoms with E-state index in [1.165, 1.54) is 29.8 Å². The Morgan fingerprint density at radius 2 is 2.18 bits per heavy atom. The summed E-state index contributed by atoms with van der Waals surface area (Å²) < 4.78 is 1.61. The van der Waals surface area contributed by atoms with Crippen molar-refractivity contribution in [2.75, 3.05) is 0 Å². The van der Waals surface area contributed by atoms with E-state index in [-0.39, 0.29) is 11.5 Å². The molecule has 3 heterocycles. The Morgan fingerprint density at radius 3 is 2.93 bits per heavy atom. The van der Waals surface area contributed by atoms with Crippen LogP contribution in [-0.2, 0) is 17.9 Å². The second-order valence-corrected chi connectivity index (χ2v) is 7.06. The molecule has 10 heteroatoms. The van der Waals surface area contributed by atoms with Crippen molar-refractivity contribution < 1.29 is 14.7 Å². The molecule has 0 aromatic carbocycles. The molecular weight excluding hydrogens is 380 g/mol. The molecule has 28 heavy (non-hydrogen) atoms. The van der Waals surface area contributed by atoms with Gasteiger partial charge in [-0.1, -0.05) is 5.21 Å². The van der Waals surface area contributed by atoms with E-state index in [0.717, 1.165) is 4.88 Å². The zero-order chi connectivity index (χ0) is 19.9. The number of nitrogens with one attached hydrogen (secondary N) is 1. The number of aromatic carboxylic acids is 1. The van der Waals surface area contributed by atoms with E-state index in [9.17, 15) is 9.59 Å². The molecule has 0 fully saturated rings. The number of nitriles is 1. The lowest BCUT2D eigenvalue weighted by Crippen LogP contribution is -2.22. The molecule has 3 aromatic heterocycles. The molecule has 0 atom stereocenters. The van der Waals surface area contributed by atoms with Crippen molar-refractivity contribution in [2.45, 2.75) is 25.9 Å². The van der Waals surface area contributed by atoms with E-state index in [1.807, 2.05) is 6.07 Å². The van der Waals surface area contributed by atoms with Crippen molar-refractivity contribution in [1.82, 2.24) is 25.3 Å². The highest BCUT2D eigenvalue weighted by atomic mass is 32.1. The van der Waals surface area contributed by atoms with Gasteiger partial charge in [-0.3, -0.25) is 14.5 Å². The summed E-state index contributed by atoms with van der Waals surface area (Å²) in [6, 6.07) is 7.11. The van der Waals surface area contributed by atoms with Crippen molar-refractivity contribution in [1.29, 1.82) is 5.26 Å². The van der Waals surface area contributed by atoms with Gasteiger partial charge in [0.05, 0.1) is 18.3 Å². The molecule has 0 aliphatic heterocycles. The van der Waals surface area contributed by atoms with Gasteiger partial charge in [0.1, 0.15) is 16.6 Å². The van der Waals surface area contributed by atoms with Crippen molar-refractivity contribution in [2.24, 2.45) is 0 Å². The first-order valence-electron chi connectivity index (χ1n) is 8.39. The van der Waals surface area contributed by atoms with Gasteiger partial charge in [-0.25, -0.2) is 4.79 Å². The van der Waals surface area contributed by atoms with Crippen LogP contribution in [0.5, 0.6) is 0 Å². The number of thiophene rings is 1. The normalized spacial score (nSPS) is 10.4. The minimum Gasteiger partial charge on any atom is -0.478 e. The Morgan fingerprint density at radius 1 is 1.32 bits per heavy atom. The molecule has 0 aliphatic rings. The maximum atomic E-state index is 11.9. The molecule has 3 rings (SSSR count). The number of pyridine rings is 1. The van der Waals surface area contributed by atoms with Crippen molar-refractivity contribution in [3.63, 3.8) is 0 Å². The molecule has 9 nitrogen and oxygen atoms in total. The minimum absolute atomic E-state index is 0.0781. The minimum atomic E-state index is -1.06. The summed E-state index contributed by atoms with van der Waals surface area (Å²) in [5.74, 6) is -1.13. The molecule has 0 bridgehead atoms. The molecule has 0 saturated heterocycles.